The predicted octanol–water partition coefficient (Wildman–Crippen LogP) is 3.57. The largest absolute Gasteiger partial charge is 0.444 e. The molecule has 0 N–H and O–H groups in total. The summed E-state index contributed by atoms with van der Waals surface area (Å²) in [6.07, 6.45) is 5.35. The minimum absolute atomic E-state index is 0.0322. The van der Waals surface area contributed by atoms with Gasteiger partial charge < -0.3 is 19.1 Å². The van der Waals surface area contributed by atoms with E-state index in [0.29, 0.717) is 38.0 Å². The molecule has 1 atom stereocenters. The second-order valence-electron chi connectivity index (χ2n) is 11.2. The number of rotatable bonds is 9. The van der Waals surface area contributed by atoms with E-state index in [9.17, 15) is 18.5 Å². The number of carbonyl (C=O) groups excluding carboxylic acids is 1. The Morgan fingerprint density at radius 1 is 1.22 bits per heavy atom. The van der Waals surface area contributed by atoms with Crippen LogP contribution in [0.4, 0.5) is 10.5 Å². The minimum Gasteiger partial charge on any atom is -0.444 e. The van der Waals surface area contributed by atoms with Gasteiger partial charge in [-0.25, -0.2) is 23.2 Å². The summed E-state index contributed by atoms with van der Waals surface area (Å²) in [6, 6.07) is 12.1. The molecule has 0 fully saturated rings. The van der Waals surface area contributed by atoms with Crippen LogP contribution < -0.4 is 4.90 Å². The zero-order valence-corrected chi connectivity index (χ0v) is 25.0. The Morgan fingerprint density at radius 3 is 2.63 bits per heavy atom. The number of benzene rings is 1. The maximum Gasteiger partial charge on any atom is 0.410 e. The van der Waals surface area contributed by atoms with Crippen molar-refractivity contribution in [1.29, 1.82) is 5.26 Å². The lowest BCUT2D eigenvalue weighted by atomic mass is 9.95. The van der Waals surface area contributed by atoms with Crippen molar-refractivity contribution < 1.29 is 17.9 Å². The highest BCUT2D eigenvalue weighted by molar-refractivity contribution is 7.89. The van der Waals surface area contributed by atoms with Crippen molar-refractivity contribution >= 4 is 21.8 Å². The van der Waals surface area contributed by atoms with Crippen molar-refractivity contribution in [3.05, 3.63) is 71.9 Å². The number of nitrogens with zero attached hydrogens (tertiary/aromatic N) is 7. The number of aryl methyl sites for hydroxylation is 1. The highest BCUT2D eigenvalue weighted by atomic mass is 32.2. The molecule has 0 saturated heterocycles. The van der Waals surface area contributed by atoms with E-state index in [0.717, 1.165) is 16.9 Å². The van der Waals surface area contributed by atoms with Gasteiger partial charge in [-0.1, -0.05) is 6.07 Å². The number of anilines is 1. The zero-order valence-electron chi connectivity index (χ0n) is 24.2. The minimum atomic E-state index is -3.98. The topological polar surface area (TPSA) is 125 Å². The maximum absolute atomic E-state index is 14.0. The van der Waals surface area contributed by atoms with Crippen molar-refractivity contribution in [2.45, 2.75) is 56.8 Å². The summed E-state index contributed by atoms with van der Waals surface area (Å²) in [5, 5.41) is 9.52. The molecule has 1 aliphatic rings. The van der Waals surface area contributed by atoms with Crippen LogP contribution in [0.15, 0.2) is 60.1 Å². The number of aromatic nitrogens is 3. The number of pyridine rings is 1. The molecule has 0 radical (unpaired) electrons. The van der Waals surface area contributed by atoms with E-state index in [4.69, 9.17) is 4.74 Å². The summed E-state index contributed by atoms with van der Waals surface area (Å²) in [4.78, 5) is 24.5. The number of ether oxygens (including phenoxy) is 1. The number of amides is 1. The van der Waals surface area contributed by atoms with Gasteiger partial charge in [0.05, 0.1) is 30.2 Å². The highest BCUT2D eigenvalue weighted by Crippen LogP contribution is 2.33. The number of hydrogen-bond acceptors (Lipinski definition) is 8. The van der Waals surface area contributed by atoms with Gasteiger partial charge in [-0.15, -0.1) is 0 Å². The molecule has 0 saturated carbocycles. The van der Waals surface area contributed by atoms with Crippen molar-refractivity contribution in [3.8, 4) is 6.07 Å². The molecule has 1 aromatic carbocycles. The average Bonchev–Trinajstić information content (AvgIpc) is 3.33. The summed E-state index contributed by atoms with van der Waals surface area (Å²) in [5.41, 5.74) is 2.72. The van der Waals surface area contributed by atoms with Crippen LogP contribution in [0, 0.1) is 11.3 Å². The van der Waals surface area contributed by atoms with Crippen LogP contribution in [0.3, 0.4) is 0 Å². The van der Waals surface area contributed by atoms with Crippen molar-refractivity contribution in [1.82, 2.24) is 23.7 Å². The van der Waals surface area contributed by atoms with E-state index in [1.54, 1.807) is 58.5 Å². The molecule has 0 bridgehead atoms. The molecule has 3 heterocycles. The van der Waals surface area contributed by atoms with Gasteiger partial charge in [-0.3, -0.25) is 0 Å². The van der Waals surface area contributed by atoms with E-state index >= 15 is 0 Å². The molecule has 3 aromatic rings. The van der Waals surface area contributed by atoms with E-state index in [1.807, 2.05) is 23.7 Å². The lowest BCUT2D eigenvalue weighted by Gasteiger charge is -2.41. The van der Waals surface area contributed by atoms with Gasteiger partial charge in [0.1, 0.15) is 5.60 Å². The quantitative estimate of drug-likeness (QED) is 0.377. The van der Waals surface area contributed by atoms with Gasteiger partial charge in [0.15, 0.2) is 5.03 Å². The molecule has 41 heavy (non-hydrogen) atoms. The van der Waals surface area contributed by atoms with E-state index in [-0.39, 0.29) is 11.6 Å². The number of sulfonamides is 1. The van der Waals surface area contributed by atoms with Crippen molar-refractivity contribution in [2.75, 3.05) is 31.6 Å². The first-order valence-corrected chi connectivity index (χ1v) is 14.9. The SMILES string of the molecule is CN(CCCN(C1Cc2cc(C#N)ccc2N(Cc2cncn2C)C1)S(=O)(=O)c1ccccn1)C(=O)OC(C)(C)C. The summed E-state index contributed by atoms with van der Waals surface area (Å²) < 4.78 is 36.9. The second-order valence-corrected chi connectivity index (χ2v) is 13.1. The number of carbonyl (C=O) groups is 1. The van der Waals surface area contributed by atoms with Gasteiger partial charge in [-0.05, 0) is 69.5 Å². The number of fused-ring (bicyclic) bond motifs is 1. The van der Waals surface area contributed by atoms with Crippen LogP contribution in [0.1, 0.15) is 44.0 Å². The van der Waals surface area contributed by atoms with Crippen molar-refractivity contribution in [2.24, 2.45) is 7.05 Å². The average molecular weight is 580 g/mol. The summed E-state index contributed by atoms with van der Waals surface area (Å²) in [5.74, 6) is 0. The predicted molar refractivity (Wildman–Crippen MR) is 155 cm³/mol. The Morgan fingerprint density at radius 2 is 2.00 bits per heavy atom. The molecule has 1 unspecified atom stereocenters. The lowest BCUT2D eigenvalue weighted by molar-refractivity contribution is 0.0295. The number of nitriles is 1. The fourth-order valence-electron chi connectivity index (χ4n) is 4.89. The first-order chi connectivity index (χ1) is 19.4. The fraction of sp³-hybridized carbons (Fsp3) is 0.448. The summed E-state index contributed by atoms with van der Waals surface area (Å²) >= 11 is 0. The van der Waals surface area contributed by atoms with Crippen LogP contribution in [-0.2, 0) is 34.8 Å². The smallest absolute Gasteiger partial charge is 0.410 e. The molecule has 4 rings (SSSR count). The number of imidazole rings is 1. The normalized spacial score (nSPS) is 15.3. The van der Waals surface area contributed by atoms with Gasteiger partial charge >= 0.3 is 6.09 Å². The van der Waals surface area contributed by atoms with Gasteiger partial charge in [0.2, 0.25) is 0 Å². The molecule has 218 valence electrons. The molecule has 0 spiro atoms. The van der Waals surface area contributed by atoms with Gasteiger partial charge in [-0.2, -0.15) is 9.57 Å². The third-order valence-corrected chi connectivity index (χ3v) is 8.77. The van der Waals surface area contributed by atoms with Crippen LogP contribution in [0.25, 0.3) is 0 Å². The first kappa shape index (κ1) is 30.0. The Bertz CT molecular complexity index is 1510. The molecule has 11 nitrogen and oxygen atoms in total. The third kappa shape index (κ3) is 7.23. The standard InChI is InChI=1S/C29H37N7O4S/c1-29(2,3)40-28(37)33(4)13-8-14-36(41(38,39)27-9-6-7-12-32-27)24-16-23-15-22(17-30)10-11-26(23)35(19-24)20-25-18-31-21-34(25)5/h6-7,9-12,15,18,21,24H,8,13-14,16,19-20H2,1-5H3. The molecule has 1 amide bonds. The lowest BCUT2D eigenvalue weighted by Crippen LogP contribution is -2.51. The zero-order chi connectivity index (χ0) is 29.8. The third-order valence-electron chi connectivity index (χ3n) is 6.90. The highest BCUT2D eigenvalue weighted by Gasteiger charge is 2.37. The summed E-state index contributed by atoms with van der Waals surface area (Å²) in [6.45, 7) is 6.83. The van der Waals surface area contributed by atoms with Crippen LogP contribution in [0.2, 0.25) is 0 Å². The van der Waals surface area contributed by atoms with E-state index < -0.39 is 27.8 Å². The molecular weight excluding hydrogens is 542 g/mol. The van der Waals surface area contributed by atoms with Gasteiger partial charge in [0.25, 0.3) is 10.0 Å². The fourth-order valence-corrected chi connectivity index (χ4v) is 6.48. The second kappa shape index (κ2) is 12.3. The Hall–Kier alpha value is -3.95. The Balaban J connectivity index is 1.65. The Kier molecular flexibility index (Phi) is 8.99. The Labute approximate surface area is 242 Å². The molecule has 2 aromatic heterocycles. The van der Waals surface area contributed by atoms with Gasteiger partial charge in [0, 0.05) is 57.9 Å². The van der Waals surface area contributed by atoms with Crippen LogP contribution >= 0.6 is 0 Å². The van der Waals surface area contributed by atoms with E-state index in [2.05, 4.69) is 20.9 Å². The molecule has 1 aliphatic heterocycles. The van der Waals surface area contributed by atoms with Crippen molar-refractivity contribution in [3.63, 3.8) is 0 Å². The monoisotopic (exact) mass is 579 g/mol. The number of hydrogen-bond donors (Lipinski definition) is 0. The molecular formula is C29H37N7O4S. The first-order valence-electron chi connectivity index (χ1n) is 13.5. The molecule has 12 heteroatoms. The molecule has 0 aliphatic carbocycles. The van der Waals surface area contributed by atoms with Crippen LogP contribution in [0.5, 0.6) is 0 Å². The summed E-state index contributed by atoms with van der Waals surface area (Å²) in [7, 11) is -0.422. The van der Waals surface area contributed by atoms with Crippen LogP contribution in [-0.4, -0.2) is 76.6 Å². The van der Waals surface area contributed by atoms with E-state index in [1.165, 1.54) is 21.5 Å². The maximum atomic E-state index is 14.0.